The largest absolute Gasteiger partial charge is 0.419 e. The van der Waals surface area contributed by atoms with Gasteiger partial charge in [0.2, 0.25) is 0 Å². The first-order valence-electron chi connectivity index (χ1n) is 6.65. The normalized spacial score (nSPS) is 11.1. The van der Waals surface area contributed by atoms with Crippen molar-refractivity contribution in [3.8, 4) is 0 Å². The van der Waals surface area contributed by atoms with Gasteiger partial charge >= 0.3 is 5.76 Å². The molecular weight excluding hydrogens is 304 g/mol. The fraction of sp³-hybridized carbons (Fsp3) is 0.188. The predicted molar refractivity (Wildman–Crippen MR) is 83.6 cm³/mol. The van der Waals surface area contributed by atoms with Gasteiger partial charge in [-0.3, -0.25) is 9.36 Å². The minimum absolute atomic E-state index is 0.182. The summed E-state index contributed by atoms with van der Waals surface area (Å²) in [6.07, 6.45) is 1.56. The van der Waals surface area contributed by atoms with E-state index in [9.17, 15) is 9.59 Å². The summed E-state index contributed by atoms with van der Waals surface area (Å²) in [4.78, 5) is 28.3. The maximum absolute atomic E-state index is 12.7. The molecule has 3 rings (SSSR count). The standard InChI is InChI=1S/C16H13ClN2O3/c1-8-4-10(5-12-14(8)19(3)16(21)22-12)15(20)11-6-13(17)18-7-9(11)2/h4-7H,1-3H3. The average Bonchev–Trinajstić information content (AvgIpc) is 2.76. The molecule has 6 heteroatoms. The van der Waals surface area contributed by atoms with E-state index >= 15 is 0 Å². The number of benzene rings is 1. The lowest BCUT2D eigenvalue weighted by molar-refractivity contribution is 0.103. The third-order valence-corrected chi connectivity index (χ3v) is 3.86. The summed E-state index contributed by atoms with van der Waals surface area (Å²) in [6.45, 7) is 3.63. The molecule has 0 N–H and O–H groups in total. The zero-order valence-corrected chi connectivity index (χ0v) is 13.1. The number of pyridine rings is 1. The Balaban J connectivity index is 2.20. The van der Waals surface area contributed by atoms with Gasteiger partial charge in [0.05, 0.1) is 5.52 Å². The van der Waals surface area contributed by atoms with Crippen LogP contribution in [0.2, 0.25) is 5.15 Å². The Labute approximate surface area is 131 Å². The predicted octanol–water partition coefficient (Wildman–Crippen LogP) is 3.03. The lowest BCUT2D eigenvalue weighted by atomic mass is 9.99. The van der Waals surface area contributed by atoms with Crippen molar-refractivity contribution in [2.24, 2.45) is 7.05 Å². The fourth-order valence-corrected chi connectivity index (χ4v) is 2.70. The van der Waals surface area contributed by atoms with Gasteiger partial charge in [-0.15, -0.1) is 0 Å². The maximum atomic E-state index is 12.7. The number of rotatable bonds is 2. The number of oxazole rings is 1. The van der Waals surface area contributed by atoms with E-state index in [0.717, 1.165) is 11.1 Å². The molecule has 5 nitrogen and oxygen atoms in total. The first-order valence-corrected chi connectivity index (χ1v) is 7.03. The van der Waals surface area contributed by atoms with Gasteiger partial charge in [-0.05, 0) is 43.2 Å². The Bertz CT molecular complexity index is 969. The number of aryl methyl sites for hydroxylation is 3. The van der Waals surface area contributed by atoms with Gasteiger partial charge in [0, 0.05) is 24.4 Å². The molecule has 0 fully saturated rings. The van der Waals surface area contributed by atoms with Crippen LogP contribution in [0.3, 0.4) is 0 Å². The molecule has 0 saturated heterocycles. The minimum atomic E-state index is -0.453. The summed E-state index contributed by atoms with van der Waals surface area (Å²) >= 11 is 5.87. The number of ketones is 1. The molecule has 2 heterocycles. The Morgan fingerprint density at radius 2 is 1.95 bits per heavy atom. The zero-order valence-electron chi connectivity index (χ0n) is 12.3. The quantitative estimate of drug-likeness (QED) is 0.538. The lowest BCUT2D eigenvalue weighted by Gasteiger charge is -2.07. The molecule has 3 aromatic rings. The second-order valence-electron chi connectivity index (χ2n) is 5.22. The molecular formula is C16H13ClN2O3. The molecule has 22 heavy (non-hydrogen) atoms. The smallest absolute Gasteiger partial charge is 0.408 e. The van der Waals surface area contributed by atoms with Gasteiger partial charge in [0.25, 0.3) is 0 Å². The van der Waals surface area contributed by atoms with Crippen molar-refractivity contribution in [3.05, 3.63) is 62.4 Å². The fourth-order valence-electron chi connectivity index (χ4n) is 2.54. The number of halogens is 1. The van der Waals surface area contributed by atoms with Gasteiger partial charge in [-0.25, -0.2) is 9.78 Å². The highest BCUT2D eigenvalue weighted by atomic mass is 35.5. The molecule has 0 saturated carbocycles. The molecule has 0 unspecified atom stereocenters. The molecule has 0 aliphatic rings. The number of nitrogens with zero attached hydrogens (tertiary/aromatic N) is 2. The maximum Gasteiger partial charge on any atom is 0.419 e. The first kappa shape index (κ1) is 14.5. The highest BCUT2D eigenvalue weighted by Gasteiger charge is 2.17. The van der Waals surface area contributed by atoms with Crippen molar-refractivity contribution in [1.29, 1.82) is 0 Å². The van der Waals surface area contributed by atoms with E-state index in [1.807, 2.05) is 6.92 Å². The molecule has 0 radical (unpaired) electrons. The minimum Gasteiger partial charge on any atom is -0.408 e. The monoisotopic (exact) mass is 316 g/mol. The van der Waals surface area contributed by atoms with Crippen LogP contribution in [-0.4, -0.2) is 15.3 Å². The van der Waals surface area contributed by atoms with Crippen LogP contribution < -0.4 is 5.76 Å². The van der Waals surface area contributed by atoms with Crippen molar-refractivity contribution in [2.75, 3.05) is 0 Å². The van der Waals surface area contributed by atoms with Gasteiger partial charge in [0.15, 0.2) is 11.4 Å². The number of aromatic nitrogens is 2. The third kappa shape index (κ3) is 2.23. The summed E-state index contributed by atoms with van der Waals surface area (Å²) in [5.41, 5.74) is 3.55. The third-order valence-electron chi connectivity index (χ3n) is 3.65. The second-order valence-corrected chi connectivity index (χ2v) is 5.61. The Kier molecular flexibility index (Phi) is 3.37. The number of hydrogen-bond acceptors (Lipinski definition) is 4. The zero-order chi connectivity index (χ0) is 16.0. The van der Waals surface area contributed by atoms with Crippen LogP contribution in [0.25, 0.3) is 11.1 Å². The van der Waals surface area contributed by atoms with Crippen molar-refractivity contribution >= 4 is 28.5 Å². The summed E-state index contributed by atoms with van der Waals surface area (Å²) in [5, 5.41) is 0.262. The van der Waals surface area contributed by atoms with E-state index in [4.69, 9.17) is 16.0 Å². The number of hydrogen-bond donors (Lipinski definition) is 0. The molecule has 0 bridgehead atoms. The average molecular weight is 317 g/mol. The number of carbonyl (C=O) groups is 1. The Morgan fingerprint density at radius 3 is 2.68 bits per heavy atom. The van der Waals surface area contributed by atoms with Crippen molar-refractivity contribution in [3.63, 3.8) is 0 Å². The second kappa shape index (κ2) is 5.10. The summed E-state index contributed by atoms with van der Waals surface area (Å²) in [5.74, 6) is -0.635. The summed E-state index contributed by atoms with van der Waals surface area (Å²) < 4.78 is 6.60. The molecule has 2 aromatic heterocycles. The van der Waals surface area contributed by atoms with Gasteiger partial charge < -0.3 is 4.42 Å². The van der Waals surface area contributed by atoms with E-state index in [0.29, 0.717) is 22.2 Å². The molecule has 1 aromatic carbocycles. The summed E-state index contributed by atoms with van der Waals surface area (Å²) in [6, 6.07) is 4.87. The van der Waals surface area contributed by atoms with Gasteiger partial charge in [-0.1, -0.05) is 11.6 Å². The van der Waals surface area contributed by atoms with Crippen molar-refractivity contribution in [1.82, 2.24) is 9.55 Å². The van der Waals surface area contributed by atoms with Crippen LogP contribution in [0.15, 0.2) is 33.6 Å². The topological polar surface area (TPSA) is 65.1 Å². The highest BCUT2D eigenvalue weighted by molar-refractivity contribution is 6.30. The molecule has 0 aliphatic carbocycles. The van der Waals surface area contributed by atoms with Crippen LogP contribution in [-0.2, 0) is 7.05 Å². The Morgan fingerprint density at radius 1 is 1.23 bits per heavy atom. The van der Waals surface area contributed by atoms with E-state index in [-0.39, 0.29) is 10.9 Å². The van der Waals surface area contributed by atoms with E-state index in [2.05, 4.69) is 4.98 Å². The van der Waals surface area contributed by atoms with Crippen molar-refractivity contribution < 1.29 is 9.21 Å². The SMILES string of the molecule is Cc1cnc(Cl)cc1C(=O)c1cc(C)c2c(c1)oc(=O)n2C. The van der Waals surface area contributed by atoms with Crippen LogP contribution in [0.1, 0.15) is 27.0 Å². The highest BCUT2D eigenvalue weighted by Crippen LogP contribution is 2.23. The molecule has 0 atom stereocenters. The van der Waals surface area contributed by atoms with E-state index in [1.165, 1.54) is 4.57 Å². The van der Waals surface area contributed by atoms with E-state index < -0.39 is 5.76 Å². The summed E-state index contributed by atoms with van der Waals surface area (Å²) in [7, 11) is 1.63. The van der Waals surface area contributed by atoms with Crippen molar-refractivity contribution in [2.45, 2.75) is 13.8 Å². The van der Waals surface area contributed by atoms with Crippen LogP contribution in [0.5, 0.6) is 0 Å². The lowest BCUT2D eigenvalue weighted by Crippen LogP contribution is -2.09. The van der Waals surface area contributed by atoms with Crippen LogP contribution in [0.4, 0.5) is 0 Å². The number of fused-ring (bicyclic) bond motifs is 1. The Hall–Kier alpha value is -2.40. The molecule has 0 spiro atoms. The molecule has 0 amide bonds. The van der Waals surface area contributed by atoms with Gasteiger partial charge in [0.1, 0.15) is 5.15 Å². The molecule has 0 aliphatic heterocycles. The molecule has 112 valence electrons. The van der Waals surface area contributed by atoms with E-state index in [1.54, 1.807) is 38.4 Å². The number of carbonyl (C=O) groups excluding carboxylic acids is 1. The van der Waals surface area contributed by atoms with Crippen LogP contribution >= 0.6 is 11.6 Å². The first-order chi connectivity index (χ1) is 10.4. The van der Waals surface area contributed by atoms with Crippen LogP contribution in [0, 0.1) is 13.8 Å². The van der Waals surface area contributed by atoms with Gasteiger partial charge in [-0.2, -0.15) is 0 Å².